The molecule has 2 aromatic rings. The lowest BCUT2D eigenvalue weighted by Gasteiger charge is -2.38. The van der Waals surface area contributed by atoms with Crippen LogP contribution in [-0.2, 0) is 19.1 Å². The van der Waals surface area contributed by atoms with Gasteiger partial charge >= 0.3 is 11.9 Å². The number of esters is 2. The molecule has 0 fully saturated rings. The molecule has 0 bridgehead atoms. The fourth-order valence-corrected chi connectivity index (χ4v) is 3.43. The molecule has 160 valence electrons. The van der Waals surface area contributed by atoms with E-state index in [9.17, 15) is 9.59 Å². The van der Waals surface area contributed by atoms with Gasteiger partial charge in [0.2, 0.25) is 0 Å². The second-order valence-electron chi connectivity index (χ2n) is 6.66. The molecule has 1 aliphatic rings. The van der Waals surface area contributed by atoms with Crippen molar-refractivity contribution in [3.8, 4) is 23.0 Å². The molecule has 1 aliphatic heterocycles. The quantitative estimate of drug-likeness (QED) is 0.662. The summed E-state index contributed by atoms with van der Waals surface area (Å²) in [6, 6.07) is 10.4. The third-order valence-corrected chi connectivity index (χ3v) is 4.71. The molecule has 8 heteroatoms. The third-order valence-electron chi connectivity index (χ3n) is 4.71. The number of benzene rings is 2. The van der Waals surface area contributed by atoms with Crippen molar-refractivity contribution >= 4 is 11.9 Å². The lowest BCUT2D eigenvalue weighted by molar-refractivity contribution is -0.178. The minimum Gasteiger partial charge on any atom is -0.497 e. The van der Waals surface area contributed by atoms with Crippen molar-refractivity contribution in [3.63, 3.8) is 0 Å². The van der Waals surface area contributed by atoms with Crippen LogP contribution in [-0.4, -0.2) is 39.4 Å². The van der Waals surface area contributed by atoms with Gasteiger partial charge in [0.15, 0.2) is 29.8 Å². The van der Waals surface area contributed by atoms with Gasteiger partial charge in [0.05, 0.1) is 21.3 Å². The first-order valence-corrected chi connectivity index (χ1v) is 9.28. The maximum atomic E-state index is 11.9. The van der Waals surface area contributed by atoms with E-state index in [1.165, 1.54) is 28.1 Å². The normalized spacial score (nSPS) is 19.7. The Labute approximate surface area is 174 Å². The summed E-state index contributed by atoms with van der Waals surface area (Å²) in [5.74, 6) is 1.03. The lowest BCUT2D eigenvalue weighted by Crippen LogP contribution is -2.39. The zero-order valence-electron chi connectivity index (χ0n) is 17.5. The van der Waals surface area contributed by atoms with Gasteiger partial charge in [-0.15, -0.1) is 0 Å². The van der Waals surface area contributed by atoms with E-state index in [2.05, 4.69) is 0 Å². The molecule has 0 amide bonds. The summed E-state index contributed by atoms with van der Waals surface area (Å²) in [5, 5.41) is 0. The Morgan fingerprint density at radius 2 is 1.53 bits per heavy atom. The van der Waals surface area contributed by atoms with Gasteiger partial charge in [-0.05, 0) is 24.3 Å². The number of hydrogen-bond donors (Lipinski definition) is 0. The van der Waals surface area contributed by atoms with Gasteiger partial charge in [-0.25, -0.2) is 0 Å². The minimum absolute atomic E-state index is 0.462. The van der Waals surface area contributed by atoms with Crippen molar-refractivity contribution < 1.29 is 38.0 Å². The van der Waals surface area contributed by atoms with Crippen LogP contribution >= 0.6 is 0 Å². The fraction of sp³-hybridized carbons (Fsp3) is 0.364. The Morgan fingerprint density at radius 3 is 2.13 bits per heavy atom. The molecule has 30 heavy (non-hydrogen) atoms. The molecule has 0 spiro atoms. The maximum absolute atomic E-state index is 11.9. The van der Waals surface area contributed by atoms with Crippen LogP contribution in [0.25, 0.3) is 0 Å². The Hall–Kier alpha value is -3.42. The number of fused-ring (bicyclic) bond motifs is 1. The summed E-state index contributed by atoms with van der Waals surface area (Å²) in [6.45, 7) is 2.59. The number of ether oxygens (including phenoxy) is 6. The van der Waals surface area contributed by atoms with Crippen molar-refractivity contribution in [2.75, 3.05) is 21.3 Å². The van der Waals surface area contributed by atoms with Crippen molar-refractivity contribution in [2.45, 2.75) is 32.2 Å². The number of carbonyl (C=O) groups excluding carboxylic acids is 2. The van der Waals surface area contributed by atoms with Crippen LogP contribution in [0, 0.1) is 0 Å². The van der Waals surface area contributed by atoms with Crippen LogP contribution in [0.5, 0.6) is 23.0 Å². The zero-order chi connectivity index (χ0) is 21.8. The first-order valence-electron chi connectivity index (χ1n) is 9.28. The van der Waals surface area contributed by atoms with E-state index in [-0.39, 0.29) is 0 Å². The van der Waals surface area contributed by atoms with Crippen LogP contribution in [0.1, 0.15) is 37.2 Å². The van der Waals surface area contributed by atoms with Gasteiger partial charge in [0, 0.05) is 31.0 Å². The van der Waals surface area contributed by atoms with E-state index in [4.69, 9.17) is 28.4 Å². The van der Waals surface area contributed by atoms with E-state index in [0.29, 0.717) is 34.1 Å². The van der Waals surface area contributed by atoms with E-state index in [0.717, 1.165) is 0 Å². The average molecular weight is 416 g/mol. The van der Waals surface area contributed by atoms with Gasteiger partial charge in [-0.3, -0.25) is 9.59 Å². The monoisotopic (exact) mass is 416 g/mol. The van der Waals surface area contributed by atoms with E-state index in [1.54, 1.807) is 43.5 Å². The van der Waals surface area contributed by atoms with E-state index >= 15 is 0 Å². The number of carbonyl (C=O) groups is 2. The molecule has 2 aromatic carbocycles. The van der Waals surface area contributed by atoms with Crippen molar-refractivity contribution in [3.05, 3.63) is 47.5 Å². The minimum atomic E-state index is -0.912. The molecule has 0 N–H and O–H groups in total. The number of methoxy groups -OCH3 is 3. The SMILES string of the molecule is COc1ccc2c(c1)OC(c1ccc(OC)c(OC)c1)C(OC(C)=O)C2OC(C)=O. The van der Waals surface area contributed by atoms with Crippen LogP contribution in [0.2, 0.25) is 0 Å². The third kappa shape index (κ3) is 4.27. The molecule has 0 aliphatic carbocycles. The molecule has 3 atom stereocenters. The van der Waals surface area contributed by atoms with Gasteiger partial charge in [-0.2, -0.15) is 0 Å². The molecular weight excluding hydrogens is 392 g/mol. The Kier molecular flexibility index (Phi) is 6.34. The van der Waals surface area contributed by atoms with Crippen molar-refractivity contribution in [2.24, 2.45) is 0 Å². The largest absolute Gasteiger partial charge is 0.497 e. The van der Waals surface area contributed by atoms with Gasteiger partial charge in [-0.1, -0.05) is 6.07 Å². The topological polar surface area (TPSA) is 89.5 Å². The van der Waals surface area contributed by atoms with Crippen LogP contribution in [0.3, 0.4) is 0 Å². The molecule has 8 nitrogen and oxygen atoms in total. The smallest absolute Gasteiger partial charge is 0.303 e. The summed E-state index contributed by atoms with van der Waals surface area (Å²) < 4.78 is 33.3. The standard InChI is InChI=1S/C22H24O8/c1-12(23)28-21-16-8-7-15(25-3)11-18(16)30-20(22(21)29-13(2)24)14-6-9-17(26-4)19(10-14)27-5/h6-11,20-22H,1-5H3. The second-order valence-corrected chi connectivity index (χ2v) is 6.66. The second kappa shape index (κ2) is 8.94. The summed E-state index contributed by atoms with van der Waals surface area (Å²) in [6.07, 6.45) is -2.54. The van der Waals surface area contributed by atoms with Gasteiger partial charge in [0.25, 0.3) is 0 Å². The molecule has 0 saturated carbocycles. The van der Waals surface area contributed by atoms with Crippen LogP contribution in [0.15, 0.2) is 36.4 Å². The molecular formula is C22H24O8. The Morgan fingerprint density at radius 1 is 0.833 bits per heavy atom. The maximum Gasteiger partial charge on any atom is 0.303 e. The van der Waals surface area contributed by atoms with Crippen molar-refractivity contribution in [1.82, 2.24) is 0 Å². The molecule has 0 aromatic heterocycles. The zero-order valence-corrected chi connectivity index (χ0v) is 17.5. The molecule has 0 radical (unpaired) electrons. The highest BCUT2D eigenvalue weighted by molar-refractivity contribution is 5.68. The average Bonchev–Trinajstić information content (AvgIpc) is 2.73. The summed E-state index contributed by atoms with van der Waals surface area (Å²) in [4.78, 5) is 23.7. The highest BCUT2D eigenvalue weighted by Crippen LogP contribution is 2.46. The molecule has 1 heterocycles. The molecule has 0 saturated heterocycles. The fourth-order valence-electron chi connectivity index (χ4n) is 3.43. The summed E-state index contributed by atoms with van der Waals surface area (Å²) >= 11 is 0. The Balaban J connectivity index is 2.14. The Bertz CT molecular complexity index is 939. The predicted molar refractivity (Wildman–Crippen MR) is 106 cm³/mol. The van der Waals surface area contributed by atoms with Crippen LogP contribution in [0.4, 0.5) is 0 Å². The summed E-state index contributed by atoms with van der Waals surface area (Å²) in [7, 11) is 4.60. The summed E-state index contributed by atoms with van der Waals surface area (Å²) in [5.41, 5.74) is 1.23. The number of rotatable bonds is 6. The van der Waals surface area contributed by atoms with Crippen molar-refractivity contribution in [1.29, 1.82) is 0 Å². The van der Waals surface area contributed by atoms with E-state index < -0.39 is 30.3 Å². The first-order chi connectivity index (χ1) is 14.4. The molecule has 3 unspecified atom stereocenters. The van der Waals surface area contributed by atoms with Gasteiger partial charge < -0.3 is 28.4 Å². The first kappa shape index (κ1) is 21.3. The van der Waals surface area contributed by atoms with Crippen LogP contribution < -0.4 is 18.9 Å². The van der Waals surface area contributed by atoms with Gasteiger partial charge in [0.1, 0.15) is 11.5 Å². The highest BCUT2D eigenvalue weighted by Gasteiger charge is 2.44. The number of hydrogen-bond acceptors (Lipinski definition) is 8. The molecule has 3 rings (SSSR count). The van der Waals surface area contributed by atoms with E-state index in [1.807, 2.05) is 0 Å². The lowest BCUT2D eigenvalue weighted by atomic mass is 9.91. The highest BCUT2D eigenvalue weighted by atomic mass is 16.6. The predicted octanol–water partition coefficient (Wildman–Crippen LogP) is 3.38.